The number of unbranched alkanes of at least 4 members (excludes halogenated alkanes) is 2. The highest BCUT2D eigenvalue weighted by molar-refractivity contribution is 6.30. The first-order valence-electron chi connectivity index (χ1n) is 10.3. The Labute approximate surface area is 173 Å². The van der Waals surface area contributed by atoms with Gasteiger partial charge in [0.25, 0.3) is 0 Å². The summed E-state index contributed by atoms with van der Waals surface area (Å²) in [5, 5.41) is 0.383. The highest BCUT2D eigenvalue weighted by atomic mass is 35.5. The molecule has 1 aliphatic rings. The molecule has 0 aromatic heterocycles. The molecule has 0 spiro atoms. The van der Waals surface area contributed by atoms with Crippen LogP contribution in [0.5, 0.6) is 0 Å². The van der Waals surface area contributed by atoms with Crippen LogP contribution in [0.15, 0.2) is 42.5 Å². The maximum atomic E-state index is 13.8. The molecule has 0 atom stereocenters. The lowest BCUT2D eigenvalue weighted by molar-refractivity contribution is 0.0227. The van der Waals surface area contributed by atoms with Crippen molar-refractivity contribution < 1.29 is 9.13 Å². The van der Waals surface area contributed by atoms with E-state index >= 15 is 0 Å². The van der Waals surface area contributed by atoms with Gasteiger partial charge in [0, 0.05) is 17.2 Å². The number of hydrogen-bond acceptors (Lipinski definition) is 1. The van der Waals surface area contributed by atoms with Gasteiger partial charge < -0.3 is 4.74 Å². The van der Waals surface area contributed by atoms with E-state index in [0.717, 1.165) is 25.0 Å². The van der Waals surface area contributed by atoms with Gasteiger partial charge in [-0.3, -0.25) is 0 Å². The summed E-state index contributed by atoms with van der Waals surface area (Å²) in [6, 6.07) is 12.9. The zero-order valence-corrected chi connectivity index (χ0v) is 17.3. The fourth-order valence-corrected chi connectivity index (χ4v) is 3.89. The predicted octanol–water partition coefficient (Wildman–Crippen LogP) is 7.11. The minimum Gasteiger partial charge on any atom is -0.378 e. The maximum Gasteiger partial charge on any atom is 0.140 e. The average Bonchev–Trinajstić information content (AvgIpc) is 2.72. The number of benzene rings is 2. The molecule has 148 valence electrons. The van der Waals surface area contributed by atoms with Crippen molar-refractivity contribution in [2.45, 2.75) is 63.9 Å². The molecule has 1 fully saturated rings. The van der Waals surface area contributed by atoms with Gasteiger partial charge in [-0.1, -0.05) is 55.3 Å². The van der Waals surface area contributed by atoms with E-state index in [2.05, 4.69) is 30.9 Å². The Morgan fingerprint density at radius 1 is 1.00 bits per heavy atom. The summed E-state index contributed by atoms with van der Waals surface area (Å²) in [6.07, 6.45) is 8.77. The summed E-state index contributed by atoms with van der Waals surface area (Å²) >= 11 is 5.78. The van der Waals surface area contributed by atoms with Crippen LogP contribution >= 0.6 is 11.6 Å². The van der Waals surface area contributed by atoms with Crippen molar-refractivity contribution in [3.63, 3.8) is 0 Å². The maximum absolute atomic E-state index is 13.8. The molecule has 1 aliphatic carbocycles. The molecule has 2 aromatic carbocycles. The number of halogens is 2. The average molecular weight is 399 g/mol. The van der Waals surface area contributed by atoms with Crippen LogP contribution in [0, 0.1) is 17.7 Å². The Balaban J connectivity index is 1.52. The van der Waals surface area contributed by atoms with E-state index < -0.39 is 0 Å². The van der Waals surface area contributed by atoms with Crippen molar-refractivity contribution in [2.24, 2.45) is 0 Å². The second kappa shape index (κ2) is 10.6. The van der Waals surface area contributed by atoms with Crippen LogP contribution in [0.1, 0.15) is 74.5 Å². The monoisotopic (exact) mass is 398 g/mol. The number of rotatable bonds is 6. The zero-order valence-electron chi connectivity index (χ0n) is 16.5. The van der Waals surface area contributed by atoms with E-state index in [1.54, 1.807) is 12.1 Å². The van der Waals surface area contributed by atoms with Gasteiger partial charge >= 0.3 is 0 Å². The van der Waals surface area contributed by atoms with Crippen LogP contribution in [-0.2, 0) is 4.74 Å². The SMILES string of the molecule is CCCCCOC1CCC(c2ccc(C#Cc3ccc(Cl)cc3F)cc2)CC1. The van der Waals surface area contributed by atoms with Crippen LogP contribution in [-0.4, -0.2) is 12.7 Å². The normalized spacial score (nSPS) is 19.1. The van der Waals surface area contributed by atoms with Gasteiger partial charge in [0.1, 0.15) is 5.82 Å². The van der Waals surface area contributed by atoms with Gasteiger partial charge in [-0.2, -0.15) is 0 Å². The summed E-state index contributed by atoms with van der Waals surface area (Å²) in [5.74, 6) is 6.15. The minimum absolute atomic E-state index is 0.366. The van der Waals surface area contributed by atoms with Crippen LogP contribution in [0.2, 0.25) is 5.02 Å². The quantitative estimate of drug-likeness (QED) is 0.372. The molecule has 0 unspecified atom stereocenters. The first-order valence-corrected chi connectivity index (χ1v) is 10.7. The fraction of sp³-hybridized carbons (Fsp3) is 0.440. The van der Waals surface area contributed by atoms with Crippen molar-refractivity contribution in [3.8, 4) is 11.8 Å². The largest absolute Gasteiger partial charge is 0.378 e. The molecule has 1 nitrogen and oxygen atoms in total. The molecule has 0 radical (unpaired) electrons. The highest BCUT2D eigenvalue weighted by Gasteiger charge is 2.22. The molecule has 3 rings (SSSR count). The summed E-state index contributed by atoms with van der Waals surface area (Å²) in [4.78, 5) is 0. The molecular weight excluding hydrogens is 371 g/mol. The van der Waals surface area contributed by atoms with Gasteiger partial charge in [0.2, 0.25) is 0 Å². The molecule has 0 N–H and O–H groups in total. The van der Waals surface area contributed by atoms with E-state index in [9.17, 15) is 4.39 Å². The van der Waals surface area contributed by atoms with Gasteiger partial charge in [0.15, 0.2) is 0 Å². The minimum atomic E-state index is -0.384. The van der Waals surface area contributed by atoms with E-state index in [-0.39, 0.29) is 5.82 Å². The first kappa shape index (κ1) is 20.9. The second-order valence-corrected chi connectivity index (χ2v) is 7.98. The van der Waals surface area contributed by atoms with E-state index in [0.29, 0.717) is 22.6 Å². The number of hydrogen-bond donors (Lipinski definition) is 0. The standard InChI is InChI=1S/C25H28ClFO/c1-2-3-4-17-28-24-15-12-21(13-16-24)20-8-5-19(6-9-20)7-10-22-11-14-23(26)18-25(22)27/h5-6,8-9,11,14,18,21,24H,2-4,12-13,15-17H2,1H3. The third kappa shape index (κ3) is 6.09. The van der Waals surface area contributed by atoms with Gasteiger partial charge in [-0.05, 0) is 73.9 Å². The molecule has 0 bridgehead atoms. The van der Waals surface area contributed by atoms with Gasteiger partial charge in [-0.15, -0.1) is 0 Å². The zero-order chi connectivity index (χ0) is 19.8. The van der Waals surface area contributed by atoms with Crippen LogP contribution in [0.4, 0.5) is 4.39 Å². The molecule has 1 saturated carbocycles. The van der Waals surface area contributed by atoms with Crippen molar-refractivity contribution in [1.82, 2.24) is 0 Å². The van der Waals surface area contributed by atoms with Gasteiger partial charge in [0.05, 0.1) is 11.7 Å². The van der Waals surface area contributed by atoms with E-state index in [1.807, 2.05) is 12.1 Å². The molecule has 28 heavy (non-hydrogen) atoms. The summed E-state index contributed by atoms with van der Waals surface area (Å²) in [7, 11) is 0. The van der Waals surface area contributed by atoms with Crippen molar-refractivity contribution >= 4 is 11.6 Å². The Hall–Kier alpha value is -1.82. The molecule has 2 aromatic rings. The third-order valence-corrected chi connectivity index (χ3v) is 5.67. The molecule has 0 amide bonds. The lowest BCUT2D eigenvalue weighted by Crippen LogP contribution is -2.21. The Bertz CT molecular complexity index is 811. The predicted molar refractivity (Wildman–Crippen MR) is 114 cm³/mol. The van der Waals surface area contributed by atoms with Crippen LogP contribution in [0.3, 0.4) is 0 Å². The van der Waals surface area contributed by atoms with Crippen molar-refractivity contribution in [2.75, 3.05) is 6.61 Å². The lowest BCUT2D eigenvalue weighted by atomic mass is 9.82. The van der Waals surface area contributed by atoms with E-state index in [1.165, 1.54) is 43.7 Å². The second-order valence-electron chi connectivity index (χ2n) is 7.55. The molecule has 0 heterocycles. The molecule has 3 heteroatoms. The van der Waals surface area contributed by atoms with Gasteiger partial charge in [-0.25, -0.2) is 4.39 Å². The van der Waals surface area contributed by atoms with Crippen molar-refractivity contribution in [1.29, 1.82) is 0 Å². The van der Waals surface area contributed by atoms with E-state index in [4.69, 9.17) is 16.3 Å². The molecular formula is C25H28ClFO. The highest BCUT2D eigenvalue weighted by Crippen LogP contribution is 2.34. The Morgan fingerprint density at radius 2 is 1.75 bits per heavy atom. The first-order chi connectivity index (χ1) is 13.7. The summed E-state index contributed by atoms with van der Waals surface area (Å²) in [6.45, 7) is 3.13. The lowest BCUT2D eigenvalue weighted by Gasteiger charge is -2.29. The van der Waals surface area contributed by atoms with Crippen LogP contribution in [0.25, 0.3) is 0 Å². The Morgan fingerprint density at radius 3 is 2.43 bits per heavy atom. The molecule has 0 saturated heterocycles. The number of ether oxygens (including phenoxy) is 1. The summed E-state index contributed by atoms with van der Waals surface area (Å²) < 4.78 is 19.8. The third-order valence-electron chi connectivity index (χ3n) is 5.43. The fourth-order valence-electron chi connectivity index (χ4n) is 3.73. The Kier molecular flexibility index (Phi) is 7.95. The van der Waals surface area contributed by atoms with Crippen molar-refractivity contribution in [3.05, 3.63) is 70.0 Å². The van der Waals surface area contributed by atoms with Crippen LogP contribution < -0.4 is 0 Å². The molecule has 0 aliphatic heterocycles. The smallest absolute Gasteiger partial charge is 0.140 e. The topological polar surface area (TPSA) is 9.23 Å². The summed E-state index contributed by atoms with van der Waals surface area (Å²) in [5.41, 5.74) is 2.63.